The molecule has 7 nitrogen and oxygen atoms in total. The molecule has 1 saturated heterocycles. The van der Waals surface area contributed by atoms with E-state index in [4.69, 9.17) is 4.74 Å². The van der Waals surface area contributed by atoms with Gasteiger partial charge in [0.05, 0.1) is 24.0 Å². The van der Waals surface area contributed by atoms with Crippen molar-refractivity contribution in [2.45, 2.75) is 52.0 Å². The molecule has 1 N–H and O–H groups in total. The molecule has 36 heavy (non-hydrogen) atoms. The van der Waals surface area contributed by atoms with Crippen LogP contribution < -0.4 is 5.32 Å². The Morgan fingerprint density at radius 2 is 1.53 bits per heavy atom. The van der Waals surface area contributed by atoms with Crippen molar-refractivity contribution >= 4 is 29.4 Å². The second-order valence-corrected chi connectivity index (χ2v) is 11.8. The molecule has 0 radical (unpaired) electrons. The van der Waals surface area contributed by atoms with Crippen LogP contribution in [0, 0.1) is 47.3 Å². The summed E-state index contributed by atoms with van der Waals surface area (Å²) in [4.78, 5) is 53.3. The van der Waals surface area contributed by atoms with Gasteiger partial charge in [0.2, 0.25) is 17.7 Å². The van der Waals surface area contributed by atoms with E-state index in [0.717, 1.165) is 0 Å². The van der Waals surface area contributed by atoms with Crippen LogP contribution in [0.15, 0.2) is 36.4 Å². The highest BCUT2D eigenvalue weighted by Gasteiger charge is 2.67. The summed E-state index contributed by atoms with van der Waals surface area (Å²) in [7, 11) is 0. The van der Waals surface area contributed by atoms with Crippen LogP contribution >= 0.6 is 0 Å². The summed E-state index contributed by atoms with van der Waals surface area (Å²) < 4.78 is 5.24. The van der Waals surface area contributed by atoms with Gasteiger partial charge in [0, 0.05) is 17.6 Å². The number of amides is 3. The van der Waals surface area contributed by atoms with Gasteiger partial charge >= 0.3 is 5.97 Å². The molecular formula is C29H34N2O5. The van der Waals surface area contributed by atoms with Gasteiger partial charge < -0.3 is 10.1 Å². The molecule has 7 rings (SSSR count). The van der Waals surface area contributed by atoms with Crippen LogP contribution in [0.2, 0.25) is 0 Å². The van der Waals surface area contributed by atoms with Crippen molar-refractivity contribution in [3.8, 4) is 0 Å². The lowest BCUT2D eigenvalue weighted by Gasteiger charge is -2.37. The third-order valence-electron chi connectivity index (χ3n) is 9.07. The second-order valence-electron chi connectivity index (χ2n) is 11.8. The molecule has 3 amide bonds. The number of hydrogen-bond acceptors (Lipinski definition) is 5. The van der Waals surface area contributed by atoms with Crippen LogP contribution in [0.4, 0.5) is 5.69 Å². The van der Waals surface area contributed by atoms with Crippen LogP contribution in [0.1, 0.15) is 56.3 Å². The minimum Gasteiger partial charge on any atom is -0.462 e. The van der Waals surface area contributed by atoms with Gasteiger partial charge in [-0.2, -0.15) is 0 Å². The zero-order valence-electron chi connectivity index (χ0n) is 20.9. The van der Waals surface area contributed by atoms with Crippen molar-refractivity contribution in [2.75, 3.05) is 11.9 Å². The summed E-state index contributed by atoms with van der Waals surface area (Å²) in [5.74, 6) is 1.17. The minimum atomic E-state index is -0.369. The maximum atomic E-state index is 13.4. The molecule has 190 valence electrons. The number of hydrogen-bond donors (Lipinski definition) is 1. The van der Waals surface area contributed by atoms with Gasteiger partial charge in [0.1, 0.15) is 0 Å². The first-order valence-corrected chi connectivity index (χ1v) is 13.5. The fourth-order valence-electron chi connectivity index (χ4n) is 7.20. The summed E-state index contributed by atoms with van der Waals surface area (Å²) in [6.45, 7) is 4.33. The first-order valence-electron chi connectivity index (χ1n) is 13.5. The number of carbonyl (C=O) groups excluding carboxylic acids is 4. The molecule has 0 spiro atoms. The van der Waals surface area contributed by atoms with E-state index in [0.29, 0.717) is 55.4 Å². The number of likely N-dealkylation sites (tertiary alicyclic amines) is 1. The number of imide groups is 1. The zero-order valence-corrected chi connectivity index (χ0v) is 20.9. The fraction of sp³-hybridized carbons (Fsp3) is 0.586. The number of benzene rings is 1. The molecule has 0 unspecified atom stereocenters. The van der Waals surface area contributed by atoms with E-state index in [1.54, 1.807) is 29.2 Å². The lowest BCUT2D eigenvalue weighted by atomic mass is 9.63. The molecular weight excluding hydrogens is 456 g/mol. The molecule has 4 fully saturated rings. The Balaban J connectivity index is 1.03. The molecule has 3 saturated carbocycles. The predicted octanol–water partition coefficient (Wildman–Crippen LogP) is 4.05. The maximum Gasteiger partial charge on any atom is 0.338 e. The zero-order chi connectivity index (χ0) is 25.1. The average Bonchev–Trinajstić information content (AvgIpc) is 3.66. The van der Waals surface area contributed by atoms with Crippen LogP contribution in [0.25, 0.3) is 0 Å². The Kier molecular flexibility index (Phi) is 5.77. The van der Waals surface area contributed by atoms with Crippen molar-refractivity contribution in [1.82, 2.24) is 4.90 Å². The maximum absolute atomic E-state index is 13.4. The monoisotopic (exact) mass is 490 g/mol. The number of ether oxygens (including phenoxy) is 1. The summed E-state index contributed by atoms with van der Waals surface area (Å²) in [6, 6.07) is 6.65. The van der Waals surface area contributed by atoms with Gasteiger partial charge in [0.15, 0.2) is 0 Å². The molecule has 1 aliphatic heterocycles. The number of carbonyl (C=O) groups is 4. The molecule has 1 aromatic carbocycles. The van der Waals surface area contributed by atoms with Gasteiger partial charge in [-0.25, -0.2) is 4.79 Å². The van der Waals surface area contributed by atoms with E-state index in [1.807, 2.05) is 13.8 Å². The SMILES string of the molecule is CC(C)COC(=O)c1ccc(NC(=O)C2CCC(N3C(=O)[C@@H]4[C@H]5C=C[C@H]([C@H]6C[C@H]56)[C@@H]4C3=O)CC2)cc1. The van der Waals surface area contributed by atoms with Crippen molar-refractivity contribution in [3.05, 3.63) is 42.0 Å². The number of nitrogens with zero attached hydrogens (tertiary/aromatic N) is 1. The van der Waals surface area contributed by atoms with Crippen LogP contribution in [-0.2, 0) is 19.1 Å². The highest BCUT2D eigenvalue weighted by atomic mass is 16.5. The minimum absolute atomic E-state index is 0.0367. The van der Waals surface area contributed by atoms with E-state index < -0.39 is 0 Å². The van der Waals surface area contributed by atoms with E-state index >= 15 is 0 Å². The Bertz CT molecular complexity index is 1080. The predicted molar refractivity (Wildman–Crippen MR) is 132 cm³/mol. The quantitative estimate of drug-likeness (QED) is 0.369. The van der Waals surface area contributed by atoms with Gasteiger partial charge in [-0.15, -0.1) is 0 Å². The summed E-state index contributed by atoms with van der Waals surface area (Å²) in [5.41, 5.74) is 1.09. The number of esters is 1. The lowest BCUT2D eigenvalue weighted by Crippen LogP contribution is -2.44. The average molecular weight is 491 g/mol. The molecule has 6 atom stereocenters. The van der Waals surface area contributed by atoms with Gasteiger partial charge in [0.25, 0.3) is 0 Å². The first-order chi connectivity index (χ1) is 17.3. The first kappa shape index (κ1) is 23.4. The number of nitrogens with one attached hydrogen (secondary N) is 1. The Labute approximate surface area is 211 Å². The smallest absolute Gasteiger partial charge is 0.338 e. The van der Waals surface area contributed by atoms with Crippen LogP contribution in [0.3, 0.4) is 0 Å². The van der Waals surface area contributed by atoms with E-state index in [1.165, 1.54) is 6.42 Å². The molecule has 0 aromatic heterocycles. The summed E-state index contributed by atoms with van der Waals surface area (Å²) in [6.07, 6.45) is 8.23. The summed E-state index contributed by atoms with van der Waals surface area (Å²) >= 11 is 0. The van der Waals surface area contributed by atoms with Crippen LogP contribution in [-0.4, -0.2) is 41.2 Å². The van der Waals surface area contributed by atoms with E-state index in [2.05, 4.69) is 17.5 Å². The second kappa shape index (κ2) is 8.86. The van der Waals surface area contributed by atoms with Crippen molar-refractivity contribution in [2.24, 2.45) is 47.3 Å². The molecule has 6 aliphatic rings. The molecule has 1 aromatic rings. The standard InChI is InChI=1S/C29H34N2O5/c1-15(2)14-36-29(35)17-3-7-18(8-4-17)30-26(32)16-5-9-19(10-6-16)31-27(33)24-20-11-12-21(23-13-22(20)23)25(24)28(31)34/h3-4,7-8,11-12,15-16,19-25H,5-6,9-10,13-14H2,1-2H3,(H,30,32)/t16?,19?,20-,21+,22-,23-,24+,25-/m1/s1. The summed E-state index contributed by atoms with van der Waals surface area (Å²) in [5, 5.41) is 2.95. The highest BCUT2D eigenvalue weighted by Crippen LogP contribution is 2.65. The normalized spacial score (nSPS) is 36.0. The molecule has 5 aliphatic carbocycles. The number of allylic oxidation sites excluding steroid dienone is 2. The van der Waals surface area contributed by atoms with Crippen molar-refractivity contribution in [3.63, 3.8) is 0 Å². The lowest BCUT2D eigenvalue weighted by molar-refractivity contribution is -0.144. The fourth-order valence-corrected chi connectivity index (χ4v) is 7.20. The van der Waals surface area contributed by atoms with Gasteiger partial charge in [-0.3, -0.25) is 19.3 Å². The molecule has 7 heteroatoms. The van der Waals surface area contributed by atoms with E-state index in [-0.39, 0.29) is 65.2 Å². The highest BCUT2D eigenvalue weighted by molar-refractivity contribution is 6.06. The third-order valence-corrected chi connectivity index (χ3v) is 9.07. The van der Waals surface area contributed by atoms with Crippen molar-refractivity contribution < 1.29 is 23.9 Å². The van der Waals surface area contributed by atoms with Crippen molar-refractivity contribution in [1.29, 1.82) is 0 Å². The Hall–Kier alpha value is -2.96. The van der Waals surface area contributed by atoms with Gasteiger partial charge in [-0.05, 0) is 86.0 Å². The Morgan fingerprint density at radius 1 is 0.944 bits per heavy atom. The Morgan fingerprint density at radius 3 is 2.08 bits per heavy atom. The number of rotatable bonds is 6. The molecule has 1 heterocycles. The largest absolute Gasteiger partial charge is 0.462 e. The molecule has 2 bridgehead atoms. The van der Waals surface area contributed by atoms with Gasteiger partial charge in [-0.1, -0.05) is 26.0 Å². The van der Waals surface area contributed by atoms with E-state index in [9.17, 15) is 19.2 Å². The third kappa shape index (κ3) is 3.87. The van der Waals surface area contributed by atoms with Crippen LogP contribution in [0.5, 0.6) is 0 Å². The topological polar surface area (TPSA) is 92.8 Å². The number of anilines is 1.